The van der Waals surface area contributed by atoms with Crippen molar-refractivity contribution in [2.45, 2.75) is 13.8 Å². The van der Waals surface area contributed by atoms with Gasteiger partial charge < -0.3 is 10.6 Å². The zero-order valence-corrected chi connectivity index (χ0v) is 18.1. The zero-order chi connectivity index (χ0) is 22.8. The van der Waals surface area contributed by atoms with Crippen LogP contribution in [0, 0.1) is 13.8 Å². The molecule has 4 aromatic heterocycles. The average molecular weight is 435 g/mol. The molecule has 0 atom stereocenters. The molecule has 0 spiro atoms. The molecule has 0 radical (unpaired) electrons. The molecule has 8 nitrogen and oxygen atoms in total. The van der Waals surface area contributed by atoms with Gasteiger partial charge in [-0.15, -0.1) is 0 Å². The minimum absolute atomic E-state index is 0.226. The molecule has 0 saturated carbocycles. The van der Waals surface area contributed by atoms with Gasteiger partial charge in [0.15, 0.2) is 0 Å². The number of carbonyl (C=O) groups excluding carboxylic acids is 1. The average Bonchev–Trinajstić information content (AvgIpc) is 3.18. The second-order valence-corrected chi connectivity index (χ2v) is 7.59. The fourth-order valence-corrected chi connectivity index (χ4v) is 3.63. The van der Waals surface area contributed by atoms with Gasteiger partial charge in [-0.2, -0.15) is 0 Å². The summed E-state index contributed by atoms with van der Waals surface area (Å²) < 4.78 is 1.79. The number of aromatic nitrogens is 5. The van der Waals surface area contributed by atoms with Gasteiger partial charge in [-0.1, -0.05) is 12.1 Å². The molecule has 0 aliphatic rings. The van der Waals surface area contributed by atoms with Crippen LogP contribution in [-0.4, -0.2) is 30.2 Å². The number of imidazole rings is 1. The van der Waals surface area contributed by atoms with E-state index in [1.54, 1.807) is 23.0 Å². The molecule has 1 aromatic carbocycles. The largest absolute Gasteiger partial charge is 0.324 e. The predicted molar refractivity (Wildman–Crippen MR) is 128 cm³/mol. The van der Waals surface area contributed by atoms with Crippen molar-refractivity contribution in [3.63, 3.8) is 0 Å². The Morgan fingerprint density at radius 1 is 0.970 bits per heavy atom. The maximum Gasteiger partial charge on any atom is 0.274 e. The van der Waals surface area contributed by atoms with E-state index in [0.29, 0.717) is 23.0 Å². The number of hydrogen-bond donors (Lipinski definition) is 2. The molecule has 0 aliphatic carbocycles. The van der Waals surface area contributed by atoms with Crippen molar-refractivity contribution >= 4 is 28.9 Å². The van der Waals surface area contributed by atoms with Crippen LogP contribution in [0.2, 0.25) is 0 Å². The Kier molecular flexibility index (Phi) is 5.24. The number of fused-ring (bicyclic) bond motifs is 1. The number of nitrogens with zero attached hydrogens (tertiary/aromatic N) is 5. The molecule has 4 heterocycles. The number of pyridine rings is 2. The summed E-state index contributed by atoms with van der Waals surface area (Å²) in [5.41, 5.74) is 6.03. The van der Waals surface area contributed by atoms with Crippen LogP contribution in [0.5, 0.6) is 0 Å². The number of carbonyl (C=O) groups is 1. The molecule has 0 bridgehead atoms. The van der Waals surface area contributed by atoms with Crippen molar-refractivity contribution in [3.8, 4) is 11.3 Å². The highest BCUT2D eigenvalue weighted by molar-refractivity contribution is 6.04. The van der Waals surface area contributed by atoms with Crippen LogP contribution in [0.1, 0.15) is 21.7 Å². The van der Waals surface area contributed by atoms with Gasteiger partial charge in [-0.05, 0) is 61.9 Å². The second-order valence-electron chi connectivity index (χ2n) is 7.59. The number of aryl methyl sites for hydroxylation is 2. The summed E-state index contributed by atoms with van der Waals surface area (Å²) in [7, 11) is 0. The summed E-state index contributed by atoms with van der Waals surface area (Å²) in [5, 5.41) is 6.24. The van der Waals surface area contributed by atoms with Gasteiger partial charge in [0.1, 0.15) is 11.3 Å². The standard InChI is InChI=1S/C25H21N7O/c1-16-8-9-19(29-24(33)23-17(2)28-22-7-3-4-13-32(22)23)14-21(16)31-25-27-12-10-20(30-25)18-6-5-11-26-15-18/h3-15H,1-2H3,(H,29,33)(H,27,30,31). The molecule has 162 valence electrons. The Morgan fingerprint density at radius 3 is 2.73 bits per heavy atom. The third-order valence-corrected chi connectivity index (χ3v) is 5.27. The number of rotatable bonds is 5. The Balaban J connectivity index is 1.40. The Hall–Kier alpha value is -4.59. The monoisotopic (exact) mass is 435 g/mol. The second kappa shape index (κ2) is 8.51. The maximum absolute atomic E-state index is 13.0. The van der Waals surface area contributed by atoms with Gasteiger partial charge in [-0.3, -0.25) is 14.2 Å². The van der Waals surface area contributed by atoms with Crippen molar-refractivity contribution in [2.75, 3.05) is 10.6 Å². The summed E-state index contributed by atoms with van der Waals surface area (Å²) in [6.45, 7) is 3.81. The van der Waals surface area contributed by atoms with Gasteiger partial charge in [0, 0.05) is 41.7 Å². The number of nitrogens with one attached hydrogen (secondary N) is 2. The first-order valence-corrected chi connectivity index (χ1v) is 10.4. The lowest BCUT2D eigenvalue weighted by Gasteiger charge is -2.12. The van der Waals surface area contributed by atoms with Crippen LogP contribution >= 0.6 is 0 Å². The summed E-state index contributed by atoms with van der Waals surface area (Å²) in [6.07, 6.45) is 7.02. The number of amides is 1. The first-order chi connectivity index (χ1) is 16.1. The molecule has 0 saturated heterocycles. The molecule has 0 aliphatic heterocycles. The highest BCUT2D eigenvalue weighted by Crippen LogP contribution is 2.25. The molecular formula is C25H21N7O. The van der Waals surface area contributed by atoms with E-state index in [4.69, 9.17) is 0 Å². The van der Waals surface area contributed by atoms with E-state index < -0.39 is 0 Å². The Morgan fingerprint density at radius 2 is 1.88 bits per heavy atom. The van der Waals surface area contributed by atoms with Crippen molar-refractivity contribution in [2.24, 2.45) is 0 Å². The Bertz CT molecular complexity index is 1460. The molecule has 8 heteroatoms. The van der Waals surface area contributed by atoms with Gasteiger partial charge in [0.2, 0.25) is 5.95 Å². The quantitative estimate of drug-likeness (QED) is 0.412. The predicted octanol–water partition coefficient (Wildman–Crippen LogP) is 4.80. The fourth-order valence-electron chi connectivity index (χ4n) is 3.63. The fraction of sp³-hybridized carbons (Fsp3) is 0.0800. The van der Waals surface area contributed by atoms with Crippen molar-refractivity contribution in [1.82, 2.24) is 24.3 Å². The van der Waals surface area contributed by atoms with Gasteiger partial charge in [0.05, 0.1) is 11.4 Å². The van der Waals surface area contributed by atoms with E-state index >= 15 is 0 Å². The summed E-state index contributed by atoms with van der Waals surface area (Å²) in [4.78, 5) is 30.6. The molecule has 0 fully saturated rings. The van der Waals surface area contributed by atoms with Gasteiger partial charge in [0.25, 0.3) is 5.91 Å². The normalized spacial score (nSPS) is 10.8. The van der Waals surface area contributed by atoms with E-state index in [2.05, 4.69) is 30.6 Å². The number of hydrogen-bond acceptors (Lipinski definition) is 6. The van der Waals surface area contributed by atoms with Crippen LogP contribution in [0.3, 0.4) is 0 Å². The lowest BCUT2D eigenvalue weighted by Crippen LogP contribution is -2.15. The van der Waals surface area contributed by atoms with E-state index in [1.165, 1.54) is 0 Å². The lowest BCUT2D eigenvalue weighted by molar-refractivity contribution is 0.102. The minimum Gasteiger partial charge on any atom is -0.324 e. The summed E-state index contributed by atoms with van der Waals surface area (Å²) >= 11 is 0. The highest BCUT2D eigenvalue weighted by Gasteiger charge is 2.17. The van der Waals surface area contributed by atoms with E-state index in [-0.39, 0.29) is 5.91 Å². The smallest absolute Gasteiger partial charge is 0.274 e. The summed E-state index contributed by atoms with van der Waals surface area (Å²) in [5.74, 6) is 0.233. The SMILES string of the molecule is Cc1ccc(NC(=O)c2c(C)nc3ccccn23)cc1Nc1nccc(-c2cccnc2)n1. The van der Waals surface area contributed by atoms with Gasteiger partial charge in [-0.25, -0.2) is 15.0 Å². The third-order valence-electron chi connectivity index (χ3n) is 5.27. The first-order valence-electron chi connectivity index (χ1n) is 10.4. The van der Waals surface area contributed by atoms with Crippen molar-refractivity contribution in [3.05, 3.63) is 96.3 Å². The molecule has 5 rings (SSSR count). The van der Waals surface area contributed by atoms with Crippen LogP contribution < -0.4 is 10.6 Å². The first kappa shape index (κ1) is 20.3. The minimum atomic E-state index is -0.226. The van der Waals surface area contributed by atoms with E-state index in [9.17, 15) is 4.79 Å². The van der Waals surface area contributed by atoms with E-state index in [1.807, 2.05) is 74.6 Å². The van der Waals surface area contributed by atoms with Gasteiger partial charge >= 0.3 is 0 Å². The highest BCUT2D eigenvalue weighted by atomic mass is 16.2. The van der Waals surface area contributed by atoms with Crippen molar-refractivity contribution in [1.29, 1.82) is 0 Å². The number of benzene rings is 1. The summed E-state index contributed by atoms with van der Waals surface area (Å²) in [6, 6.07) is 17.0. The van der Waals surface area contributed by atoms with Crippen LogP contribution in [0.15, 0.2) is 79.4 Å². The molecule has 5 aromatic rings. The number of anilines is 3. The lowest BCUT2D eigenvalue weighted by atomic mass is 10.1. The van der Waals surface area contributed by atoms with Crippen molar-refractivity contribution < 1.29 is 4.79 Å². The third kappa shape index (κ3) is 4.14. The van der Waals surface area contributed by atoms with E-state index in [0.717, 1.165) is 28.2 Å². The topological polar surface area (TPSA) is 97.1 Å². The molecule has 2 N–H and O–H groups in total. The van der Waals surface area contributed by atoms with Crippen LogP contribution in [0.25, 0.3) is 16.9 Å². The maximum atomic E-state index is 13.0. The zero-order valence-electron chi connectivity index (χ0n) is 18.1. The molecule has 33 heavy (non-hydrogen) atoms. The molecular weight excluding hydrogens is 414 g/mol. The van der Waals surface area contributed by atoms with Crippen LogP contribution in [-0.2, 0) is 0 Å². The van der Waals surface area contributed by atoms with Crippen LogP contribution in [0.4, 0.5) is 17.3 Å². The molecule has 0 unspecified atom stereocenters. The molecule has 1 amide bonds. The Labute approximate surface area is 190 Å².